The Bertz CT molecular complexity index is 1250. The van der Waals surface area contributed by atoms with Crippen molar-refractivity contribution in [1.82, 2.24) is 15.1 Å². The van der Waals surface area contributed by atoms with E-state index in [0.29, 0.717) is 4.88 Å². The van der Waals surface area contributed by atoms with Gasteiger partial charge in [-0.3, -0.25) is 14.4 Å². The molecule has 1 saturated heterocycles. The van der Waals surface area contributed by atoms with Gasteiger partial charge in [0.25, 0.3) is 17.7 Å². The molecular formula is C24H23N3O5S2. The molecule has 1 fully saturated rings. The summed E-state index contributed by atoms with van der Waals surface area (Å²) in [7, 11) is -4.22. The van der Waals surface area contributed by atoms with Crippen molar-refractivity contribution in [3.8, 4) is 0 Å². The Morgan fingerprint density at radius 2 is 1.38 bits per heavy atom. The molecule has 3 aromatic rings. The number of hydrogen-bond donors (Lipinski definition) is 1. The monoisotopic (exact) mass is 497 g/mol. The van der Waals surface area contributed by atoms with Crippen molar-refractivity contribution in [3.63, 3.8) is 0 Å². The second kappa shape index (κ2) is 10.2. The van der Waals surface area contributed by atoms with E-state index in [1.165, 1.54) is 28.4 Å². The van der Waals surface area contributed by atoms with Gasteiger partial charge in [-0.05, 0) is 35.7 Å². The molecule has 1 N–H and O–H groups in total. The van der Waals surface area contributed by atoms with Gasteiger partial charge in [0.15, 0.2) is 0 Å². The highest BCUT2D eigenvalue weighted by atomic mass is 32.2. The van der Waals surface area contributed by atoms with Crippen LogP contribution in [0.3, 0.4) is 0 Å². The summed E-state index contributed by atoms with van der Waals surface area (Å²) in [4.78, 5) is 42.4. The van der Waals surface area contributed by atoms with Gasteiger partial charge in [0.2, 0.25) is 15.2 Å². The number of carbonyl (C=O) groups excluding carboxylic acids is 3. The molecule has 0 spiro atoms. The van der Waals surface area contributed by atoms with E-state index in [1.54, 1.807) is 65.6 Å². The van der Waals surface area contributed by atoms with Gasteiger partial charge in [-0.2, -0.15) is 0 Å². The summed E-state index contributed by atoms with van der Waals surface area (Å²) in [6, 6.07) is 19.2. The van der Waals surface area contributed by atoms with Gasteiger partial charge in [-0.25, -0.2) is 8.42 Å². The Hall–Kier alpha value is -3.50. The van der Waals surface area contributed by atoms with E-state index < -0.39 is 27.0 Å². The van der Waals surface area contributed by atoms with Crippen LogP contribution in [0, 0.1) is 0 Å². The molecule has 1 aliphatic heterocycles. The number of nitrogens with one attached hydrogen (secondary N) is 1. The molecular weight excluding hydrogens is 474 g/mol. The molecule has 176 valence electrons. The lowest BCUT2D eigenvalue weighted by Gasteiger charge is -2.36. The molecule has 0 radical (unpaired) electrons. The van der Waals surface area contributed by atoms with Crippen LogP contribution in [0.4, 0.5) is 0 Å². The first-order valence-electron chi connectivity index (χ1n) is 10.6. The topological polar surface area (TPSA) is 104 Å². The number of rotatable bonds is 6. The average Bonchev–Trinajstić information content (AvgIpc) is 3.42. The van der Waals surface area contributed by atoms with Crippen molar-refractivity contribution in [3.05, 3.63) is 88.6 Å². The number of benzene rings is 2. The first-order chi connectivity index (χ1) is 16.4. The average molecular weight is 498 g/mol. The van der Waals surface area contributed by atoms with Gasteiger partial charge in [0.1, 0.15) is 0 Å². The zero-order valence-electron chi connectivity index (χ0n) is 18.2. The van der Waals surface area contributed by atoms with Crippen molar-refractivity contribution >= 4 is 38.9 Å². The lowest BCUT2D eigenvalue weighted by Crippen LogP contribution is -2.57. The van der Waals surface area contributed by atoms with Crippen LogP contribution in [0.5, 0.6) is 0 Å². The molecule has 2 aromatic carbocycles. The molecule has 10 heteroatoms. The van der Waals surface area contributed by atoms with E-state index >= 15 is 0 Å². The zero-order chi connectivity index (χ0) is 24.1. The predicted octanol–water partition coefficient (Wildman–Crippen LogP) is 2.26. The van der Waals surface area contributed by atoms with Crippen molar-refractivity contribution < 1.29 is 22.8 Å². The van der Waals surface area contributed by atoms with Gasteiger partial charge in [0.05, 0.1) is 9.77 Å². The Labute approximate surface area is 201 Å². The van der Waals surface area contributed by atoms with Gasteiger partial charge in [-0.15, -0.1) is 11.3 Å². The van der Waals surface area contributed by atoms with Gasteiger partial charge in [-0.1, -0.05) is 42.5 Å². The molecule has 0 bridgehead atoms. The summed E-state index contributed by atoms with van der Waals surface area (Å²) >= 11 is 1.34. The Balaban J connectivity index is 1.54. The van der Waals surface area contributed by atoms with Crippen molar-refractivity contribution in [2.45, 2.75) is 10.3 Å². The fraction of sp³-hybridized carbons (Fsp3) is 0.208. The van der Waals surface area contributed by atoms with E-state index in [9.17, 15) is 22.8 Å². The number of piperazine rings is 1. The maximum Gasteiger partial charge on any atom is 0.264 e. The number of thiophene rings is 1. The second-order valence-corrected chi connectivity index (χ2v) is 10.7. The summed E-state index contributed by atoms with van der Waals surface area (Å²) in [5.41, 5.74) is 0.245. The third-order valence-corrected chi connectivity index (χ3v) is 8.24. The predicted molar refractivity (Wildman–Crippen MR) is 128 cm³/mol. The van der Waals surface area contributed by atoms with Crippen LogP contribution in [0.25, 0.3) is 0 Å². The smallest absolute Gasteiger partial charge is 0.264 e. The molecule has 0 saturated carbocycles. The van der Waals surface area contributed by atoms with Gasteiger partial charge >= 0.3 is 0 Å². The zero-order valence-corrected chi connectivity index (χ0v) is 19.8. The number of amides is 3. The fourth-order valence-electron chi connectivity index (χ4n) is 3.66. The number of hydrogen-bond acceptors (Lipinski definition) is 6. The first-order valence-corrected chi connectivity index (χ1v) is 13.1. The molecule has 2 heterocycles. The van der Waals surface area contributed by atoms with Gasteiger partial charge < -0.3 is 15.1 Å². The number of carbonyl (C=O) groups is 3. The standard InChI is InChI=1S/C24H23N3O5S2/c28-21(18-8-3-1-4-9-18)25-22(34(31,32)19-10-5-2-6-11-19)24(30)27-15-13-26(14-16-27)23(29)20-12-7-17-33-20/h1-12,17,22H,13-16H2,(H,25,28). The Morgan fingerprint density at radius 3 is 1.97 bits per heavy atom. The van der Waals surface area contributed by atoms with E-state index in [0.717, 1.165) is 0 Å². The Morgan fingerprint density at radius 1 is 0.794 bits per heavy atom. The van der Waals surface area contributed by atoms with Crippen molar-refractivity contribution in [2.75, 3.05) is 26.2 Å². The first kappa shape index (κ1) is 23.7. The molecule has 1 aliphatic rings. The molecule has 1 unspecified atom stereocenters. The van der Waals surface area contributed by atoms with Crippen LogP contribution >= 0.6 is 11.3 Å². The molecule has 8 nitrogen and oxygen atoms in total. The van der Waals surface area contributed by atoms with E-state index in [-0.39, 0.29) is 42.5 Å². The van der Waals surface area contributed by atoms with Crippen LogP contribution in [-0.2, 0) is 14.6 Å². The molecule has 34 heavy (non-hydrogen) atoms. The lowest BCUT2D eigenvalue weighted by molar-refractivity contribution is -0.132. The highest BCUT2D eigenvalue weighted by Gasteiger charge is 2.39. The Kier molecular flexibility index (Phi) is 7.09. The summed E-state index contributed by atoms with van der Waals surface area (Å²) in [6.07, 6.45) is 0. The largest absolute Gasteiger partial charge is 0.336 e. The van der Waals surface area contributed by atoms with E-state index in [2.05, 4.69) is 5.32 Å². The molecule has 0 aliphatic carbocycles. The van der Waals surface area contributed by atoms with Crippen molar-refractivity contribution in [2.24, 2.45) is 0 Å². The minimum absolute atomic E-state index is 0.0618. The molecule has 1 atom stereocenters. The molecule has 4 rings (SSSR count). The van der Waals surface area contributed by atoms with E-state index in [1.807, 2.05) is 5.38 Å². The summed E-state index contributed by atoms with van der Waals surface area (Å²) in [5.74, 6) is -1.51. The van der Waals surface area contributed by atoms with Crippen LogP contribution in [-0.4, -0.2) is 67.5 Å². The lowest BCUT2D eigenvalue weighted by atomic mass is 10.2. The number of sulfone groups is 1. The quantitative estimate of drug-likeness (QED) is 0.563. The third kappa shape index (κ3) is 5.02. The summed E-state index contributed by atoms with van der Waals surface area (Å²) < 4.78 is 26.8. The summed E-state index contributed by atoms with van der Waals surface area (Å²) in [5, 5.41) is 2.46. The van der Waals surface area contributed by atoms with Crippen LogP contribution in [0.2, 0.25) is 0 Å². The maximum atomic E-state index is 13.4. The number of nitrogens with zero attached hydrogens (tertiary/aromatic N) is 2. The minimum atomic E-state index is -4.22. The third-order valence-electron chi connectivity index (χ3n) is 5.52. The van der Waals surface area contributed by atoms with Crippen LogP contribution in [0.1, 0.15) is 20.0 Å². The SMILES string of the molecule is O=C(NC(C(=O)N1CCN(C(=O)c2cccs2)CC1)S(=O)(=O)c1ccccc1)c1ccccc1. The summed E-state index contributed by atoms with van der Waals surface area (Å²) in [6.45, 7) is 0.871. The molecule has 3 amide bonds. The molecule has 1 aromatic heterocycles. The van der Waals surface area contributed by atoms with E-state index in [4.69, 9.17) is 0 Å². The van der Waals surface area contributed by atoms with Gasteiger partial charge in [0, 0.05) is 31.7 Å². The highest BCUT2D eigenvalue weighted by Crippen LogP contribution is 2.19. The fourth-order valence-corrected chi connectivity index (χ4v) is 5.84. The second-order valence-electron chi connectivity index (χ2n) is 7.67. The van der Waals surface area contributed by atoms with Crippen LogP contribution < -0.4 is 5.32 Å². The minimum Gasteiger partial charge on any atom is -0.336 e. The normalized spacial score (nSPS) is 14.9. The highest BCUT2D eigenvalue weighted by molar-refractivity contribution is 7.92. The van der Waals surface area contributed by atoms with Crippen molar-refractivity contribution in [1.29, 1.82) is 0 Å². The maximum absolute atomic E-state index is 13.4. The van der Waals surface area contributed by atoms with Crippen LogP contribution in [0.15, 0.2) is 83.1 Å².